The van der Waals surface area contributed by atoms with Gasteiger partial charge in [-0.05, 0) is 42.7 Å². The van der Waals surface area contributed by atoms with Crippen molar-refractivity contribution in [1.82, 2.24) is 14.5 Å². The molecule has 0 spiro atoms. The number of benzene rings is 2. The van der Waals surface area contributed by atoms with Gasteiger partial charge in [0.05, 0.1) is 11.4 Å². The Balaban J connectivity index is 1.40. The highest BCUT2D eigenvalue weighted by atomic mass is 32.2. The van der Waals surface area contributed by atoms with Crippen LogP contribution in [0.5, 0.6) is 0 Å². The van der Waals surface area contributed by atoms with Crippen molar-refractivity contribution in [2.75, 3.05) is 32.7 Å². The summed E-state index contributed by atoms with van der Waals surface area (Å²) in [6.07, 6.45) is 2.08. The quantitative estimate of drug-likeness (QED) is 0.669. The number of carbonyl (C=O) groups is 2. The molecule has 166 valence electrons. The van der Waals surface area contributed by atoms with Crippen LogP contribution >= 0.6 is 0 Å². The maximum absolute atomic E-state index is 13.0. The molecule has 1 heterocycles. The summed E-state index contributed by atoms with van der Waals surface area (Å²) >= 11 is 0. The van der Waals surface area contributed by atoms with E-state index in [-0.39, 0.29) is 23.3 Å². The fourth-order valence-electron chi connectivity index (χ4n) is 3.42. The molecule has 1 fully saturated rings. The Labute approximate surface area is 181 Å². The molecule has 1 N–H and O–H groups in total. The van der Waals surface area contributed by atoms with Crippen molar-refractivity contribution in [1.29, 1.82) is 0 Å². The SMILES string of the molecule is O=C(CCCc1ccccc1)N1CCN(C(=O)CNS(=O)(=O)c2ccc(F)cc2)CC1. The third-order valence-corrected chi connectivity index (χ3v) is 6.64. The van der Waals surface area contributed by atoms with Crippen molar-refractivity contribution < 1.29 is 22.4 Å². The van der Waals surface area contributed by atoms with E-state index in [1.165, 1.54) is 5.56 Å². The molecule has 7 nitrogen and oxygen atoms in total. The highest BCUT2D eigenvalue weighted by Crippen LogP contribution is 2.11. The second-order valence-corrected chi connectivity index (χ2v) is 9.15. The number of hydrogen-bond donors (Lipinski definition) is 1. The standard InChI is InChI=1S/C22H26FN3O4S/c23-19-9-11-20(12-10-19)31(29,30)24-17-22(28)26-15-13-25(14-16-26)21(27)8-4-7-18-5-2-1-3-6-18/h1-3,5-6,9-12,24H,4,7-8,13-17H2. The van der Waals surface area contributed by atoms with Crippen LogP contribution in [0.15, 0.2) is 59.5 Å². The fourth-order valence-corrected chi connectivity index (χ4v) is 4.39. The first-order valence-electron chi connectivity index (χ1n) is 10.2. The van der Waals surface area contributed by atoms with Gasteiger partial charge in [-0.15, -0.1) is 0 Å². The summed E-state index contributed by atoms with van der Waals surface area (Å²) in [5.41, 5.74) is 1.20. The van der Waals surface area contributed by atoms with Crippen molar-refractivity contribution in [2.45, 2.75) is 24.2 Å². The van der Waals surface area contributed by atoms with E-state index in [9.17, 15) is 22.4 Å². The molecular weight excluding hydrogens is 421 g/mol. The molecule has 3 rings (SSSR count). The average molecular weight is 448 g/mol. The molecule has 0 radical (unpaired) electrons. The lowest BCUT2D eigenvalue weighted by atomic mass is 10.1. The molecule has 2 aromatic rings. The second kappa shape index (κ2) is 10.5. The topological polar surface area (TPSA) is 86.8 Å². The van der Waals surface area contributed by atoms with Gasteiger partial charge in [-0.2, -0.15) is 0 Å². The Morgan fingerprint density at radius 1 is 0.871 bits per heavy atom. The van der Waals surface area contributed by atoms with Gasteiger partial charge in [0.1, 0.15) is 5.82 Å². The molecule has 1 aliphatic heterocycles. The monoisotopic (exact) mass is 447 g/mol. The molecule has 0 bridgehead atoms. The zero-order valence-corrected chi connectivity index (χ0v) is 18.0. The van der Waals surface area contributed by atoms with E-state index < -0.39 is 15.8 Å². The molecule has 1 aliphatic rings. The van der Waals surface area contributed by atoms with Crippen molar-refractivity contribution in [2.24, 2.45) is 0 Å². The first-order valence-corrected chi connectivity index (χ1v) is 11.7. The van der Waals surface area contributed by atoms with Gasteiger partial charge in [0.2, 0.25) is 21.8 Å². The van der Waals surface area contributed by atoms with E-state index >= 15 is 0 Å². The van der Waals surface area contributed by atoms with Gasteiger partial charge in [-0.1, -0.05) is 30.3 Å². The molecule has 9 heteroatoms. The van der Waals surface area contributed by atoms with Gasteiger partial charge in [-0.25, -0.2) is 17.5 Å². The van der Waals surface area contributed by atoms with Crippen molar-refractivity contribution in [3.8, 4) is 0 Å². The van der Waals surface area contributed by atoms with E-state index in [1.807, 2.05) is 30.3 Å². The summed E-state index contributed by atoms with van der Waals surface area (Å²) in [6.45, 7) is 1.20. The minimum Gasteiger partial charge on any atom is -0.339 e. The van der Waals surface area contributed by atoms with Crippen LogP contribution < -0.4 is 4.72 Å². The third-order valence-electron chi connectivity index (χ3n) is 5.22. The van der Waals surface area contributed by atoms with Gasteiger partial charge >= 0.3 is 0 Å². The molecule has 0 atom stereocenters. The number of rotatable bonds is 8. The average Bonchev–Trinajstić information content (AvgIpc) is 2.78. The van der Waals surface area contributed by atoms with Crippen LogP contribution in [0.2, 0.25) is 0 Å². The van der Waals surface area contributed by atoms with E-state index in [1.54, 1.807) is 9.80 Å². The molecule has 0 saturated carbocycles. The number of piperazine rings is 1. The smallest absolute Gasteiger partial charge is 0.241 e. The van der Waals surface area contributed by atoms with E-state index in [0.29, 0.717) is 32.6 Å². The van der Waals surface area contributed by atoms with Crippen LogP contribution in [-0.2, 0) is 26.0 Å². The minimum absolute atomic E-state index is 0.0695. The summed E-state index contributed by atoms with van der Waals surface area (Å²) in [5, 5.41) is 0. The first kappa shape index (κ1) is 22.9. The van der Waals surface area contributed by atoms with Gasteiger partial charge in [0, 0.05) is 32.6 Å². The summed E-state index contributed by atoms with van der Waals surface area (Å²) < 4.78 is 39.6. The van der Waals surface area contributed by atoms with Crippen molar-refractivity contribution in [3.63, 3.8) is 0 Å². The molecule has 2 amide bonds. The van der Waals surface area contributed by atoms with Gasteiger partial charge in [-0.3, -0.25) is 9.59 Å². The lowest BCUT2D eigenvalue weighted by Gasteiger charge is -2.35. The number of sulfonamides is 1. The van der Waals surface area contributed by atoms with Crippen LogP contribution in [0.1, 0.15) is 18.4 Å². The zero-order chi connectivity index (χ0) is 22.3. The second-order valence-electron chi connectivity index (χ2n) is 7.38. The van der Waals surface area contributed by atoms with Crippen LogP contribution in [-0.4, -0.2) is 62.8 Å². The number of halogens is 1. The van der Waals surface area contributed by atoms with Crippen LogP contribution in [0.4, 0.5) is 4.39 Å². The molecular formula is C22H26FN3O4S. The zero-order valence-electron chi connectivity index (χ0n) is 17.2. The molecule has 1 saturated heterocycles. The molecule has 31 heavy (non-hydrogen) atoms. The number of hydrogen-bond acceptors (Lipinski definition) is 4. The van der Waals surface area contributed by atoms with Gasteiger partial charge < -0.3 is 9.80 Å². The molecule has 0 aliphatic carbocycles. The Bertz CT molecular complexity index is 989. The highest BCUT2D eigenvalue weighted by molar-refractivity contribution is 7.89. The summed E-state index contributed by atoms with van der Waals surface area (Å²) in [5.74, 6) is -0.829. The minimum atomic E-state index is -3.90. The summed E-state index contributed by atoms with van der Waals surface area (Å²) in [6, 6.07) is 14.4. The highest BCUT2D eigenvalue weighted by Gasteiger charge is 2.25. The summed E-state index contributed by atoms with van der Waals surface area (Å²) in [4.78, 5) is 28.0. The Hall–Kier alpha value is -2.78. The van der Waals surface area contributed by atoms with E-state index in [0.717, 1.165) is 37.1 Å². The Kier molecular flexibility index (Phi) is 7.75. The van der Waals surface area contributed by atoms with E-state index in [2.05, 4.69) is 4.72 Å². The largest absolute Gasteiger partial charge is 0.339 e. The predicted molar refractivity (Wildman–Crippen MR) is 114 cm³/mol. The molecule has 2 aromatic carbocycles. The number of nitrogens with one attached hydrogen (secondary N) is 1. The van der Waals surface area contributed by atoms with Crippen LogP contribution in [0.3, 0.4) is 0 Å². The van der Waals surface area contributed by atoms with Crippen LogP contribution in [0, 0.1) is 5.82 Å². The number of carbonyl (C=O) groups excluding carboxylic acids is 2. The first-order chi connectivity index (χ1) is 14.8. The Morgan fingerprint density at radius 3 is 2.06 bits per heavy atom. The van der Waals surface area contributed by atoms with Gasteiger partial charge in [0.25, 0.3) is 0 Å². The normalized spacial score (nSPS) is 14.5. The molecule has 0 unspecified atom stereocenters. The lowest BCUT2D eigenvalue weighted by Crippen LogP contribution is -2.52. The van der Waals surface area contributed by atoms with E-state index in [4.69, 9.17) is 0 Å². The predicted octanol–water partition coefficient (Wildman–Crippen LogP) is 1.80. The number of amides is 2. The van der Waals surface area contributed by atoms with Crippen molar-refractivity contribution in [3.05, 3.63) is 66.0 Å². The summed E-state index contributed by atoms with van der Waals surface area (Å²) in [7, 11) is -3.90. The Morgan fingerprint density at radius 2 is 1.45 bits per heavy atom. The fraction of sp³-hybridized carbons (Fsp3) is 0.364. The molecule has 0 aromatic heterocycles. The maximum atomic E-state index is 13.0. The lowest BCUT2D eigenvalue weighted by molar-refractivity contribution is -0.138. The van der Waals surface area contributed by atoms with Crippen molar-refractivity contribution >= 4 is 21.8 Å². The van der Waals surface area contributed by atoms with Crippen LogP contribution in [0.25, 0.3) is 0 Å². The maximum Gasteiger partial charge on any atom is 0.241 e. The third kappa shape index (κ3) is 6.60. The number of aryl methyl sites for hydroxylation is 1. The van der Waals surface area contributed by atoms with Gasteiger partial charge in [0.15, 0.2) is 0 Å². The number of nitrogens with zero attached hydrogens (tertiary/aromatic N) is 2.